The maximum absolute atomic E-state index is 13.8. The van der Waals surface area contributed by atoms with Gasteiger partial charge in [0, 0.05) is 19.6 Å². The lowest BCUT2D eigenvalue weighted by molar-refractivity contribution is -0.126. The summed E-state index contributed by atoms with van der Waals surface area (Å²) in [6.45, 7) is 2.12. The summed E-state index contributed by atoms with van der Waals surface area (Å²) in [5.74, 6) is 0.662. The zero-order chi connectivity index (χ0) is 33.7. The Bertz CT molecular complexity index is 1780. The molecule has 0 bridgehead atoms. The predicted octanol–water partition coefficient (Wildman–Crippen LogP) is 4.08. The molecule has 3 aromatic carbocycles. The van der Waals surface area contributed by atoms with Crippen LogP contribution in [0.15, 0.2) is 70.5 Å². The first-order chi connectivity index (χ1) is 22.6. The number of sulfonamides is 1. The molecule has 3 amide bonds. The summed E-state index contributed by atoms with van der Waals surface area (Å²) >= 11 is 0.774. The van der Waals surface area contributed by atoms with Crippen LogP contribution in [0.3, 0.4) is 0 Å². The van der Waals surface area contributed by atoms with Gasteiger partial charge in [-0.2, -0.15) is 4.31 Å². The molecule has 47 heavy (non-hydrogen) atoms. The van der Waals surface area contributed by atoms with Gasteiger partial charge in [0.2, 0.25) is 21.7 Å². The summed E-state index contributed by atoms with van der Waals surface area (Å²) in [5.41, 5.74) is 2.24. The molecule has 1 fully saturated rings. The Morgan fingerprint density at radius 2 is 1.64 bits per heavy atom. The van der Waals surface area contributed by atoms with E-state index >= 15 is 0 Å². The fourth-order valence-corrected chi connectivity index (χ4v) is 7.85. The van der Waals surface area contributed by atoms with Gasteiger partial charge in [-0.05, 0) is 84.3 Å². The minimum atomic E-state index is -4.08. The predicted molar refractivity (Wildman–Crippen MR) is 176 cm³/mol. The lowest BCUT2D eigenvalue weighted by Crippen LogP contribution is -2.53. The molecule has 2 heterocycles. The largest absolute Gasteiger partial charge is 0.494 e. The molecule has 0 spiro atoms. The number of amides is 3. The molecule has 2 aliphatic heterocycles. The molecule has 0 radical (unpaired) electrons. The first kappa shape index (κ1) is 33.8. The Morgan fingerprint density at radius 1 is 0.979 bits per heavy atom. The first-order valence-electron chi connectivity index (χ1n) is 14.8. The molecule has 12 nitrogen and oxygen atoms in total. The Labute approximate surface area is 277 Å². The molecule has 5 rings (SSSR count). The topological polar surface area (TPSA) is 141 Å². The normalized spacial score (nSPS) is 17.4. The summed E-state index contributed by atoms with van der Waals surface area (Å²) in [7, 11) is 0.356. The van der Waals surface area contributed by atoms with E-state index in [0.29, 0.717) is 35.2 Å². The summed E-state index contributed by atoms with van der Waals surface area (Å²) < 4.78 is 50.4. The fourth-order valence-electron chi connectivity index (χ4n) is 5.42. The molecule has 1 N–H and O–H groups in total. The van der Waals surface area contributed by atoms with Gasteiger partial charge in [-0.3, -0.25) is 19.3 Å². The van der Waals surface area contributed by atoms with Crippen LogP contribution in [0.1, 0.15) is 23.6 Å². The van der Waals surface area contributed by atoms with Crippen molar-refractivity contribution >= 4 is 44.9 Å². The van der Waals surface area contributed by atoms with Crippen LogP contribution in [0.25, 0.3) is 6.08 Å². The second kappa shape index (κ2) is 14.5. The standard InChI is InChI=1S/C33H35N3O9S2/c1-5-45-24-10-12-25(13-11-24)47(40,41)36-20-23-9-7-6-8-22(23)19-26(36)31(37)34-14-15-35-32(38)29(46-33(35)39)18-21-16-27(42-2)30(44-4)28(17-21)43-3/h6-13,16-18,26H,5,14-15,19-20H2,1-4H3,(H,34,37)/b29-18+/t26-/m0/s1. The fraction of sp³-hybridized carbons (Fsp3) is 0.303. The molecule has 0 aromatic heterocycles. The van der Waals surface area contributed by atoms with Crippen molar-refractivity contribution in [1.82, 2.24) is 14.5 Å². The Morgan fingerprint density at radius 3 is 2.26 bits per heavy atom. The molecule has 1 saturated heterocycles. The molecule has 1 atom stereocenters. The van der Waals surface area contributed by atoms with E-state index in [-0.39, 0.29) is 35.9 Å². The summed E-state index contributed by atoms with van der Waals surface area (Å²) in [6, 6.07) is 15.7. The van der Waals surface area contributed by atoms with Gasteiger partial charge in [-0.25, -0.2) is 8.42 Å². The van der Waals surface area contributed by atoms with Crippen LogP contribution in [0, 0.1) is 0 Å². The van der Waals surface area contributed by atoms with Gasteiger partial charge in [0.15, 0.2) is 11.5 Å². The molecule has 14 heteroatoms. The number of ether oxygens (including phenoxy) is 4. The van der Waals surface area contributed by atoms with Crippen molar-refractivity contribution in [2.75, 3.05) is 41.0 Å². The second-order valence-electron chi connectivity index (χ2n) is 10.5. The number of imide groups is 1. The van der Waals surface area contributed by atoms with Gasteiger partial charge in [0.25, 0.3) is 11.1 Å². The zero-order valence-electron chi connectivity index (χ0n) is 26.3. The minimum Gasteiger partial charge on any atom is -0.494 e. The lowest BCUT2D eigenvalue weighted by atomic mass is 9.95. The number of nitrogens with zero attached hydrogens (tertiary/aromatic N) is 2. The van der Waals surface area contributed by atoms with E-state index in [1.165, 1.54) is 37.8 Å². The SMILES string of the molecule is CCOc1ccc(S(=O)(=O)N2Cc3ccccc3C[C@H]2C(=O)NCCN2C(=O)S/C(=C/c3cc(OC)c(OC)c(OC)c3)C2=O)cc1. The van der Waals surface area contributed by atoms with Gasteiger partial charge in [-0.1, -0.05) is 24.3 Å². The third-order valence-electron chi connectivity index (χ3n) is 7.74. The Balaban J connectivity index is 1.30. The van der Waals surface area contributed by atoms with Crippen molar-refractivity contribution in [3.8, 4) is 23.0 Å². The van der Waals surface area contributed by atoms with Gasteiger partial charge in [0.1, 0.15) is 11.8 Å². The highest BCUT2D eigenvalue weighted by atomic mass is 32.2. The van der Waals surface area contributed by atoms with Crippen LogP contribution in [-0.2, 0) is 32.6 Å². The maximum atomic E-state index is 13.8. The van der Waals surface area contributed by atoms with Gasteiger partial charge in [0.05, 0.1) is 37.7 Å². The lowest BCUT2D eigenvalue weighted by Gasteiger charge is -2.35. The van der Waals surface area contributed by atoms with E-state index in [9.17, 15) is 22.8 Å². The number of carbonyl (C=O) groups is 3. The monoisotopic (exact) mass is 681 g/mol. The Kier molecular flexibility index (Phi) is 10.4. The number of rotatable bonds is 12. The molecule has 2 aliphatic rings. The van der Waals surface area contributed by atoms with Gasteiger partial charge >= 0.3 is 0 Å². The van der Waals surface area contributed by atoms with E-state index in [1.807, 2.05) is 31.2 Å². The number of carbonyl (C=O) groups excluding carboxylic acids is 3. The Hall–Kier alpha value is -4.53. The number of hydrogen-bond donors (Lipinski definition) is 1. The average molecular weight is 682 g/mol. The summed E-state index contributed by atoms with van der Waals surface area (Å²) in [6.07, 6.45) is 1.72. The van der Waals surface area contributed by atoms with E-state index in [4.69, 9.17) is 18.9 Å². The zero-order valence-corrected chi connectivity index (χ0v) is 28.0. The number of nitrogens with one attached hydrogen (secondary N) is 1. The molecule has 248 valence electrons. The third kappa shape index (κ3) is 7.09. The van der Waals surface area contributed by atoms with Crippen LogP contribution in [0.5, 0.6) is 23.0 Å². The number of benzene rings is 3. The third-order valence-corrected chi connectivity index (χ3v) is 10.5. The van der Waals surface area contributed by atoms with E-state index in [1.54, 1.807) is 30.3 Å². The average Bonchev–Trinajstić information content (AvgIpc) is 3.34. The molecule has 3 aromatic rings. The van der Waals surface area contributed by atoms with Crippen LogP contribution < -0.4 is 24.3 Å². The first-order valence-corrected chi connectivity index (χ1v) is 17.0. The number of fused-ring (bicyclic) bond motifs is 1. The molecule has 0 unspecified atom stereocenters. The number of methoxy groups -OCH3 is 3. The van der Waals surface area contributed by atoms with Crippen LogP contribution in [0.2, 0.25) is 0 Å². The van der Waals surface area contributed by atoms with Gasteiger partial charge in [-0.15, -0.1) is 0 Å². The van der Waals surface area contributed by atoms with Gasteiger partial charge < -0.3 is 24.3 Å². The second-order valence-corrected chi connectivity index (χ2v) is 13.4. The van der Waals surface area contributed by atoms with E-state index in [0.717, 1.165) is 27.8 Å². The van der Waals surface area contributed by atoms with Crippen LogP contribution in [0.4, 0.5) is 4.79 Å². The van der Waals surface area contributed by atoms with Crippen molar-refractivity contribution in [2.24, 2.45) is 0 Å². The van der Waals surface area contributed by atoms with Crippen molar-refractivity contribution in [2.45, 2.75) is 30.8 Å². The summed E-state index contributed by atoms with van der Waals surface area (Å²) in [4.78, 5) is 40.8. The van der Waals surface area contributed by atoms with E-state index < -0.39 is 33.1 Å². The number of thioether (sulfide) groups is 1. The van der Waals surface area contributed by atoms with E-state index in [2.05, 4.69) is 5.32 Å². The van der Waals surface area contributed by atoms with Crippen molar-refractivity contribution in [3.63, 3.8) is 0 Å². The highest BCUT2D eigenvalue weighted by molar-refractivity contribution is 8.18. The molecule has 0 aliphatic carbocycles. The van der Waals surface area contributed by atoms with Crippen molar-refractivity contribution in [1.29, 1.82) is 0 Å². The van der Waals surface area contributed by atoms with Crippen molar-refractivity contribution < 1.29 is 41.7 Å². The minimum absolute atomic E-state index is 0.0125. The molecular formula is C33H35N3O9S2. The van der Waals surface area contributed by atoms with Crippen molar-refractivity contribution in [3.05, 3.63) is 82.3 Å². The highest BCUT2D eigenvalue weighted by Crippen LogP contribution is 2.40. The number of hydrogen-bond acceptors (Lipinski definition) is 10. The van der Waals surface area contributed by atoms with Crippen LogP contribution in [-0.4, -0.2) is 81.7 Å². The quantitative estimate of drug-likeness (QED) is 0.278. The molecular weight excluding hydrogens is 647 g/mol. The smallest absolute Gasteiger partial charge is 0.293 e. The summed E-state index contributed by atoms with van der Waals surface area (Å²) in [5, 5.41) is 2.26. The molecule has 0 saturated carbocycles. The highest BCUT2D eigenvalue weighted by Gasteiger charge is 2.40. The maximum Gasteiger partial charge on any atom is 0.293 e. The van der Waals surface area contributed by atoms with Crippen LogP contribution >= 0.6 is 11.8 Å².